The van der Waals surface area contributed by atoms with Gasteiger partial charge >= 0.3 is 5.97 Å². The van der Waals surface area contributed by atoms with Gasteiger partial charge in [0.2, 0.25) is 0 Å². The lowest BCUT2D eigenvalue weighted by Crippen LogP contribution is -2.55. The van der Waals surface area contributed by atoms with Crippen LogP contribution in [-0.2, 0) is 9.53 Å². The van der Waals surface area contributed by atoms with Crippen LogP contribution in [0, 0.1) is 0 Å². The maximum Gasteiger partial charge on any atom is 0.323 e. The number of esters is 1. The smallest absolute Gasteiger partial charge is 0.323 e. The van der Waals surface area contributed by atoms with Gasteiger partial charge in [-0.1, -0.05) is 49.5 Å². The molecule has 0 aliphatic carbocycles. The van der Waals surface area contributed by atoms with E-state index in [-0.39, 0.29) is 12.0 Å². The number of halogens is 1. The van der Waals surface area contributed by atoms with E-state index < -0.39 is 18.5 Å². The van der Waals surface area contributed by atoms with Crippen molar-refractivity contribution in [2.75, 3.05) is 11.9 Å². The molecule has 0 radical (unpaired) electrons. The number of hydrogen-bond donors (Lipinski definition) is 4. The Morgan fingerprint density at radius 1 is 1.09 bits per heavy atom. The SMILES string of the molecule is CCCOC(=O)[C@H](CCC)N[C@H](O)[C@H](CCC)N[C@@H](O)CBr. The Kier molecular flexibility index (Phi) is 13.1. The van der Waals surface area contributed by atoms with Gasteiger partial charge in [0, 0.05) is 11.4 Å². The predicted octanol–water partition coefficient (Wildman–Crippen LogP) is 1.49. The third-order valence-corrected chi connectivity index (χ3v) is 3.83. The highest BCUT2D eigenvalue weighted by Gasteiger charge is 2.27. The minimum absolute atomic E-state index is 0.334. The topological polar surface area (TPSA) is 90.8 Å². The van der Waals surface area contributed by atoms with Crippen molar-refractivity contribution in [3.8, 4) is 0 Å². The lowest BCUT2D eigenvalue weighted by molar-refractivity contribution is -0.147. The molecule has 0 aliphatic rings. The van der Waals surface area contributed by atoms with E-state index in [0.717, 1.165) is 19.3 Å². The molecule has 0 bridgehead atoms. The van der Waals surface area contributed by atoms with Gasteiger partial charge in [-0.3, -0.25) is 15.4 Å². The van der Waals surface area contributed by atoms with Crippen molar-refractivity contribution in [3.63, 3.8) is 0 Å². The van der Waals surface area contributed by atoms with Crippen molar-refractivity contribution in [3.05, 3.63) is 0 Å². The van der Waals surface area contributed by atoms with Crippen molar-refractivity contribution in [1.82, 2.24) is 10.6 Å². The summed E-state index contributed by atoms with van der Waals surface area (Å²) in [5.41, 5.74) is 0. The van der Waals surface area contributed by atoms with Crippen LogP contribution in [0.3, 0.4) is 0 Å². The van der Waals surface area contributed by atoms with E-state index in [4.69, 9.17) is 4.74 Å². The molecule has 7 heteroatoms. The van der Waals surface area contributed by atoms with Crippen LogP contribution in [0.5, 0.6) is 0 Å². The van der Waals surface area contributed by atoms with E-state index in [2.05, 4.69) is 26.6 Å². The van der Waals surface area contributed by atoms with E-state index >= 15 is 0 Å². The molecule has 0 aromatic heterocycles. The molecule has 0 spiro atoms. The summed E-state index contributed by atoms with van der Waals surface area (Å²) in [5, 5.41) is 26.3. The summed E-state index contributed by atoms with van der Waals surface area (Å²) in [5.74, 6) is -0.334. The fraction of sp³-hybridized carbons (Fsp3) is 0.933. The number of carbonyl (C=O) groups excluding carboxylic acids is 1. The van der Waals surface area contributed by atoms with Crippen LogP contribution in [0.4, 0.5) is 0 Å². The number of aliphatic hydroxyl groups excluding tert-OH is 2. The van der Waals surface area contributed by atoms with Crippen molar-refractivity contribution >= 4 is 21.9 Å². The highest BCUT2D eigenvalue weighted by molar-refractivity contribution is 9.09. The molecule has 0 saturated heterocycles. The van der Waals surface area contributed by atoms with E-state index in [1.54, 1.807) is 0 Å². The van der Waals surface area contributed by atoms with Crippen LogP contribution in [0.15, 0.2) is 0 Å². The number of carbonyl (C=O) groups is 1. The summed E-state index contributed by atoms with van der Waals surface area (Å²) in [6, 6.07) is -0.871. The average molecular weight is 383 g/mol. The summed E-state index contributed by atoms with van der Waals surface area (Å²) in [7, 11) is 0. The van der Waals surface area contributed by atoms with Crippen LogP contribution in [-0.4, -0.2) is 52.7 Å². The Hall–Kier alpha value is -0.210. The Morgan fingerprint density at radius 2 is 1.73 bits per heavy atom. The van der Waals surface area contributed by atoms with Gasteiger partial charge in [0.25, 0.3) is 0 Å². The Bertz CT molecular complexity index is 295. The van der Waals surface area contributed by atoms with E-state index in [1.807, 2.05) is 20.8 Å². The van der Waals surface area contributed by atoms with Crippen LogP contribution in [0.25, 0.3) is 0 Å². The van der Waals surface area contributed by atoms with Gasteiger partial charge in [0.15, 0.2) is 0 Å². The molecular weight excluding hydrogens is 352 g/mol. The van der Waals surface area contributed by atoms with Crippen LogP contribution >= 0.6 is 15.9 Å². The lowest BCUT2D eigenvalue weighted by atomic mass is 10.1. The zero-order valence-corrected chi connectivity index (χ0v) is 15.4. The Morgan fingerprint density at radius 3 is 2.23 bits per heavy atom. The highest BCUT2D eigenvalue weighted by atomic mass is 79.9. The third kappa shape index (κ3) is 9.05. The van der Waals surface area contributed by atoms with Crippen LogP contribution < -0.4 is 10.6 Å². The minimum Gasteiger partial charge on any atom is -0.465 e. The fourth-order valence-corrected chi connectivity index (χ4v) is 2.31. The molecule has 4 N–H and O–H groups in total. The first-order valence-corrected chi connectivity index (χ1v) is 9.22. The second-order valence-corrected chi connectivity index (χ2v) is 6.00. The van der Waals surface area contributed by atoms with E-state index in [9.17, 15) is 15.0 Å². The standard InChI is InChI=1S/C15H31BrN2O4/c1-4-7-11(17-13(19)10-16)14(20)18-12(8-5-2)15(21)22-9-6-3/h11-14,17-20H,4-10H2,1-3H3/t11-,12-,13-,14+/m0/s1. The molecule has 0 heterocycles. The normalized spacial score (nSPS) is 16.8. The summed E-state index contributed by atoms with van der Waals surface area (Å²) in [6.45, 7) is 6.30. The van der Waals surface area contributed by atoms with Crippen molar-refractivity contribution < 1.29 is 19.7 Å². The summed E-state index contributed by atoms with van der Waals surface area (Å²) in [4.78, 5) is 12.0. The molecule has 0 fully saturated rings. The molecule has 132 valence electrons. The third-order valence-electron chi connectivity index (χ3n) is 3.22. The highest BCUT2D eigenvalue weighted by Crippen LogP contribution is 2.07. The van der Waals surface area contributed by atoms with Gasteiger partial charge in [-0.25, -0.2) is 0 Å². The minimum atomic E-state index is -0.931. The second kappa shape index (κ2) is 13.2. The predicted molar refractivity (Wildman–Crippen MR) is 90.7 cm³/mol. The Balaban J connectivity index is 4.65. The summed E-state index contributed by atoms with van der Waals surface area (Å²) >= 11 is 3.18. The molecule has 0 aliphatic heterocycles. The molecular formula is C15H31BrN2O4. The Labute approximate surface area is 142 Å². The van der Waals surface area contributed by atoms with Gasteiger partial charge in [0.05, 0.1) is 6.61 Å². The molecule has 0 aromatic rings. The van der Waals surface area contributed by atoms with E-state index in [0.29, 0.717) is 24.8 Å². The fourth-order valence-electron chi connectivity index (χ4n) is 2.12. The molecule has 0 saturated carbocycles. The molecule has 0 unspecified atom stereocenters. The maximum absolute atomic E-state index is 12.0. The van der Waals surface area contributed by atoms with Crippen molar-refractivity contribution in [1.29, 1.82) is 0 Å². The van der Waals surface area contributed by atoms with Gasteiger partial charge in [-0.15, -0.1) is 0 Å². The zero-order valence-electron chi connectivity index (χ0n) is 13.8. The van der Waals surface area contributed by atoms with Crippen LogP contribution in [0.2, 0.25) is 0 Å². The molecule has 22 heavy (non-hydrogen) atoms. The van der Waals surface area contributed by atoms with Crippen LogP contribution in [0.1, 0.15) is 52.9 Å². The first kappa shape index (κ1) is 21.8. The first-order valence-electron chi connectivity index (χ1n) is 8.10. The maximum atomic E-state index is 12.0. The molecule has 6 nitrogen and oxygen atoms in total. The zero-order chi connectivity index (χ0) is 17.0. The number of rotatable bonds is 13. The van der Waals surface area contributed by atoms with Gasteiger partial charge < -0.3 is 14.9 Å². The first-order chi connectivity index (χ1) is 10.5. The number of aliphatic hydroxyl groups is 2. The number of ether oxygens (including phenoxy) is 1. The van der Waals surface area contributed by atoms with Crippen molar-refractivity contribution in [2.45, 2.75) is 77.4 Å². The summed E-state index contributed by atoms with van der Waals surface area (Å²) in [6.07, 6.45) is 2.03. The molecule has 4 atom stereocenters. The second-order valence-electron chi connectivity index (χ2n) is 5.35. The van der Waals surface area contributed by atoms with E-state index in [1.165, 1.54) is 0 Å². The van der Waals surface area contributed by atoms with Crippen molar-refractivity contribution in [2.24, 2.45) is 0 Å². The number of nitrogens with one attached hydrogen (secondary N) is 2. The quantitative estimate of drug-likeness (QED) is 0.219. The largest absolute Gasteiger partial charge is 0.465 e. The average Bonchev–Trinajstić information content (AvgIpc) is 2.51. The van der Waals surface area contributed by atoms with Gasteiger partial charge in [0.1, 0.15) is 18.5 Å². The van der Waals surface area contributed by atoms with Gasteiger partial charge in [-0.05, 0) is 19.3 Å². The number of hydrogen-bond acceptors (Lipinski definition) is 6. The van der Waals surface area contributed by atoms with Gasteiger partial charge in [-0.2, -0.15) is 0 Å². The number of alkyl halides is 1. The lowest BCUT2D eigenvalue weighted by Gasteiger charge is -2.29. The molecule has 0 amide bonds. The summed E-state index contributed by atoms with van der Waals surface area (Å²) < 4.78 is 5.16. The monoisotopic (exact) mass is 382 g/mol. The molecule has 0 rings (SSSR count). The molecule has 0 aromatic carbocycles.